The molecule has 0 N–H and O–H groups in total. The molecule has 0 saturated carbocycles. The number of thiophene rings is 1. The number of carbonyl (C=O) groups is 1. The van der Waals surface area contributed by atoms with Gasteiger partial charge in [-0.1, -0.05) is 13.8 Å². The van der Waals surface area contributed by atoms with Crippen LogP contribution in [0, 0.1) is 12.3 Å². The molecule has 0 aromatic carbocycles. The number of amides is 1. The Kier molecular flexibility index (Phi) is 2.67. The highest BCUT2D eigenvalue weighted by molar-refractivity contribution is 9.11. The largest absolute Gasteiger partial charge is 0.337 e. The van der Waals surface area contributed by atoms with Gasteiger partial charge in [-0.2, -0.15) is 0 Å². The van der Waals surface area contributed by atoms with E-state index in [0.717, 1.165) is 27.3 Å². The first-order valence-electron chi connectivity index (χ1n) is 4.94. The van der Waals surface area contributed by atoms with E-state index in [1.807, 2.05) is 17.9 Å². The van der Waals surface area contributed by atoms with Gasteiger partial charge in [-0.15, -0.1) is 11.3 Å². The molecular formula is C11H14BrNOS. The van der Waals surface area contributed by atoms with Crippen LogP contribution in [0.5, 0.6) is 0 Å². The third kappa shape index (κ3) is 2.11. The van der Waals surface area contributed by atoms with Crippen LogP contribution in [-0.2, 0) is 0 Å². The Balaban J connectivity index is 2.10. The van der Waals surface area contributed by atoms with E-state index in [4.69, 9.17) is 0 Å². The normalized spacial score (nSPS) is 18.8. The lowest BCUT2D eigenvalue weighted by Gasteiger charge is -2.45. The SMILES string of the molecule is Cc1cc(C(=O)N2CC(C)(C)C2)sc1Br. The molecule has 1 fully saturated rings. The molecule has 0 unspecified atom stereocenters. The van der Waals surface area contributed by atoms with Gasteiger partial charge in [0.05, 0.1) is 8.66 Å². The minimum absolute atomic E-state index is 0.174. The number of likely N-dealkylation sites (tertiary alicyclic amines) is 1. The van der Waals surface area contributed by atoms with Crippen LogP contribution in [0.3, 0.4) is 0 Å². The molecule has 15 heavy (non-hydrogen) atoms. The molecule has 2 rings (SSSR count). The highest BCUT2D eigenvalue weighted by Crippen LogP contribution is 2.33. The highest BCUT2D eigenvalue weighted by Gasteiger charge is 2.37. The number of carbonyl (C=O) groups excluding carboxylic acids is 1. The molecular weight excluding hydrogens is 274 g/mol. The molecule has 0 spiro atoms. The lowest BCUT2D eigenvalue weighted by molar-refractivity contribution is 0.0240. The Hall–Kier alpha value is -0.350. The Labute approximate surface area is 102 Å². The average Bonchev–Trinajstić information content (AvgIpc) is 2.42. The molecule has 1 aromatic heterocycles. The quantitative estimate of drug-likeness (QED) is 0.776. The summed E-state index contributed by atoms with van der Waals surface area (Å²) in [4.78, 5) is 14.8. The van der Waals surface area contributed by atoms with Crippen LogP contribution in [0.25, 0.3) is 0 Å². The van der Waals surface area contributed by atoms with Crippen LogP contribution < -0.4 is 0 Å². The van der Waals surface area contributed by atoms with E-state index in [0.29, 0.717) is 5.41 Å². The summed E-state index contributed by atoms with van der Waals surface area (Å²) in [5, 5.41) is 0. The monoisotopic (exact) mass is 287 g/mol. The van der Waals surface area contributed by atoms with Gasteiger partial charge in [0.2, 0.25) is 0 Å². The van der Waals surface area contributed by atoms with Crippen molar-refractivity contribution >= 4 is 33.2 Å². The number of hydrogen-bond acceptors (Lipinski definition) is 2. The van der Waals surface area contributed by atoms with Gasteiger partial charge in [0, 0.05) is 13.1 Å². The fourth-order valence-corrected chi connectivity index (χ4v) is 3.35. The van der Waals surface area contributed by atoms with Crippen LogP contribution in [-0.4, -0.2) is 23.9 Å². The number of aryl methyl sites for hydroxylation is 1. The second kappa shape index (κ2) is 3.59. The molecule has 0 bridgehead atoms. The van der Waals surface area contributed by atoms with Gasteiger partial charge in [-0.25, -0.2) is 0 Å². The van der Waals surface area contributed by atoms with Crippen LogP contribution in [0.15, 0.2) is 9.85 Å². The Morgan fingerprint density at radius 1 is 1.53 bits per heavy atom. The molecule has 1 aliphatic rings. The fourth-order valence-electron chi connectivity index (χ4n) is 1.85. The van der Waals surface area contributed by atoms with E-state index in [1.54, 1.807) is 0 Å². The maximum absolute atomic E-state index is 12.0. The van der Waals surface area contributed by atoms with Crippen molar-refractivity contribution in [3.63, 3.8) is 0 Å². The molecule has 1 saturated heterocycles. The number of nitrogens with zero attached hydrogens (tertiary/aromatic N) is 1. The van der Waals surface area contributed by atoms with Crippen molar-refractivity contribution in [1.29, 1.82) is 0 Å². The van der Waals surface area contributed by atoms with Crippen molar-refractivity contribution in [2.45, 2.75) is 20.8 Å². The lowest BCUT2D eigenvalue weighted by Crippen LogP contribution is -2.55. The summed E-state index contributed by atoms with van der Waals surface area (Å²) in [5.74, 6) is 0.174. The van der Waals surface area contributed by atoms with Crippen molar-refractivity contribution in [3.05, 3.63) is 20.3 Å². The van der Waals surface area contributed by atoms with Crippen LogP contribution >= 0.6 is 27.3 Å². The molecule has 4 heteroatoms. The summed E-state index contributed by atoms with van der Waals surface area (Å²) >= 11 is 4.97. The maximum atomic E-state index is 12.0. The summed E-state index contributed by atoms with van der Waals surface area (Å²) in [5.41, 5.74) is 1.45. The van der Waals surface area contributed by atoms with E-state index in [1.165, 1.54) is 11.3 Å². The van der Waals surface area contributed by atoms with Crippen molar-refractivity contribution in [2.24, 2.45) is 5.41 Å². The molecule has 1 aliphatic heterocycles. The number of rotatable bonds is 1. The van der Waals surface area contributed by atoms with Gasteiger partial charge in [0.25, 0.3) is 5.91 Å². The third-order valence-electron chi connectivity index (χ3n) is 2.59. The Bertz CT molecular complexity index is 383. The van der Waals surface area contributed by atoms with E-state index >= 15 is 0 Å². The summed E-state index contributed by atoms with van der Waals surface area (Å²) < 4.78 is 1.06. The second-order valence-electron chi connectivity index (χ2n) is 4.89. The third-order valence-corrected chi connectivity index (χ3v) is 4.72. The average molecular weight is 288 g/mol. The predicted molar refractivity (Wildman–Crippen MR) is 66.4 cm³/mol. The zero-order valence-electron chi connectivity index (χ0n) is 9.13. The van der Waals surface area contributed by atoms with E-state index in [9.17, 15) is 4.79 Å². The minimum Gasteiger partial charge on any atom is -0.337 e. The lowest BCUT2D eigenvalue weighted by atomic mass is 9.84. The molecule has 0 aliphatic carbocycles. The fraction of sp³-hybridized carbons (Fsp3) is 0.545. The van der Waals surface area contributed by atoms with Gasteiger partial charge in [0.15, 0.2) is 0 Å². The standard InChI is InChI=1S/C11H14BrNOS/c1-7-4-8(15-9(7)12)10(14)13-5-11(2,3)6-13/h4H,5-6H2,1-3H3. The smallest absolute Gasteiger partial charge is 0.264 e. The first-order valence-corrected chi connectivity index (χ1v) is 6.55. The second-order valence-corrected chi connectivity index (χ2v) is 7.26. The van der Waals surface area contributed by atoms with Gasteiger partial charge in [0.1, 0.15) is 0 Å². The molecule has 0 radical (unpaired) electrons. The first-order chi connectivity index (χ1) is 6.89. The first kappa shape index (κ1) is 11.1. The summed E-state index contributed by atoms with van der Waals surface area (Å²) in [7, 11) is 0. The van der Waals surface area contributed by atoms with Gasteiger partial charge in [-0.3, -0.25) is 4.79 Å². The van der Waals surface area contributed by atoms with Crippen molar-refractivity contribution in [3.8, 4) is 0 Å². The van der Waals surface area contributed by atoms with E-state index < -0.39 is 0 Å². The minimum atomic E-state index is 0.174. The zero-order valence-corrected chi connectivity index (χ0v) is 11.5. The molecule has 1 amide bonds. The molecule has 2 heterocycles. The highest BCUT2D eigenvalue weighted by atomic mass is 79.9. The Morgan fingerprint density at radius 2 is 2.13 bits per heavy atom. The van der Waals surface area contributed by atoms with E-state index in [2.05, 4.69) is 29.8 Å². The van der Waals surface area contributed by atoms with Gasteiger partial charge >= 0.3 is 0 Å². The summed E-state index contributed by atoms with van der Waals surface area (Å²) in [6.07, 6.45) is 0. The number of hydrogen-bond donors (Lipinski definition) is 0. The van der Waals surface area contributed by atoms with Crippen molar-refractivity contribution in [1.82, 2.24) is 4.90 Å². The Morgan fingerprint density at radius 3 is 2.53 bits per heavy atom. The van der Waals surface area contributed by atoms with Gasteiger partial charge < -0.3 is 4.90 Å². The molecule has 2 nitrogen and oxygen atoms in total. The van der Waals surface area contributed by atoms with Crippen LogP contribution in [0.2, 0.25) is 0 Å². The number of halogens is 1. The van der Waals surface area contributed by atoms with Gasteiger partial charge in [-0.05, 0) is 39.9 Å². The van der Waals surface area contributed by atoms with Crippen molar-refractivity contribution in [2.75, 3.05) is 13.1 Å². The molecule has 1 aromatic rings. The molecule has 0 atom stereocenters. The summed E-state index contributed by atoms with van der Waals surface area (Å²) in [6, 6.07) is 1.96. The maximum Gasteiger partial charge on any atom is 0.264 e. The summed E-state index contributed by atoms with van der Waals surface area (Å²) in [6.45, 7) is 8.14. The van der Waals surface area contributed by atoms with Crippen LogP contribution in [0.4, 0.5) is 0 Å². The predicted octanol–water partition coefficient (Wildman–Crippen LogP) is 3.30. The van der Waals surface area contributed by atoms with Crippen LogP contribution in [0.1, 0.15) is 29.1 Å². The molecule has 82 valence electrons. The van der Waals surface area contributed by atoms with E-state index in [-0.39, 0.29) is 5.91 Å². The zero-order chi connectivity index (χ0) is 11.2. The topological polar surface area (TPSA) is 20.3 Å². The van der Waals surface area contributed by atoms with Crippen molar-refractivity contribution < 1.29 is 4.79 Å².